The first-order valence-electron chi connectivity index (χ1n) is 10.8. The van der Waals surface area contributed by atoms with Crippen LogP contribution in [0.5, 0.6) is 0 Å². The van der Waals surface area contributed by atoms with Crippen LogP contribution in [0.2, 0.25) is 0 Å². The van der Waals surface area contributed by atoms with E-state index in [1.165, 1.54) is 82.8 Å². The highest BCUT2D eigenvalue weighted by Crippen LogP contribution is 2.56. The van der Waals surface area contributed by atoms with Gasteiger partial charge in [-0.1, -0.05) is 133 Å². The Morgan fingerprint density at radius 3 is 2.14 bits per heavy atom. The largest absolute Gasteiger partial charge is 0.0731 e. The smallest absolute Gasteiger partial charge is 0.0683 e. The van der Waals surface area contributed by atoms with Crippen LogP contribution in [-0.2, 0) is 3.42 Å². The number of benzene rings is 3. The fourth-order valence-electron chi connectivity index (χ4n) is 4.56. The van der Waals surface area contributed by atoms with Crippen LogP contribution >= 0.6 is 38.5 Å². The Labute approximate surface area is 197 Å². The van der Waals surface area contributed by atoms with E-state index in [1.807, 2.05) is 0 Å². The second-order valence-corrected chi connectivity index (χ2v) is 10.9. The minimum atomic E-state index is 0.0573. The Morgan fingerprint density at radius 1 is 0.724 bits per heavy atom. The van der Waals surface area contributed by atoms with E-state index in [2.05, 4.69) is 112 Å². The summed E-state index contributed by atoms with van der Waals surface area (Å²) in [5, 5.41) is 0. The van der Waals surface area contributed by atoms with Gasteiger partial charge in [-0.3, -0.25) is 0 Å². The molecule has 0 fully saturated rings. The van der Waals surface area contributed by atoms with E-state index in [4.69, 9.17) is 0 Å². The standard InChI is InChI=1S/C27H28BrI/c1-2-3-4-5-6-10-17-27(29)25-18-21(20-11-8-7-9-12-20)13-15-23(25)24-16-14-22(28)19-26(24)27/h7-9,11-16,18-19H,2-6,10,17H2,1H3. The van der Waals surface area contributed by atoms with Crippen molar-refractivity contribution in [3.63, 3.8) is 0 Å². The average molecular weight is 559 g/mol. The molecule has 1 aliphatic carbocycles. The lowest BCUT2D eigenvalue weighted by molar-refractivity contribution is 0.563. The van der Waals surface area contributed by atoms with E-state index in [-0.39, 0.29) is 3.42 Å². The molecule has 0 spiro atoms. The van der Waals surface area contributed by atoms with Crippen molar-refractivity contribution in [2.75, 3.05) is 0 Å². The molecule has 0 aliphatic heterocycles. The topological polar surface area (TPSA) is 0 Å². The van der Waals surface area contributed by atoms with Gasteiger partial charge in [-0.2, -0.15) is 0 Å². The van der Waals surface area contributed by atoms with Gasteiger partial charge in [0, 0.05) is 4.47 Å². The molecule has 0 nitrogen and oxygen atoms in total. The van der Waals surface area contributed by atoms with Crippen molar-refractivity contribution in [3.05, 3.63) is 82.3 Å². The minimum Gasteiger partial charge on any atom is -0.0683 e. The first kappa shape index (κ1) is 21.1. The van der Waals surface area contributed by atoms with Gasteiger partial charge in [0.15, 0.2) is 0 Å². The van der Waals surface area contributed by atoms with Crippen LogP contribution in [0, 0.1) is 0 Å². The predicted octanol–water partition coefficient (Wildman–Crippen LogP) is 9.53. The zero-order chi connectivity index (χ0) is 20.3. The molecule has 1 unspecified atom stereocenters. The molecule has 0 aromatic heterocycles. The second-order valence-electron chi connectivity index (χ2n) is 8.14. The molecule has 0 N–H and O–H groups in total. The normalized spacial score (nSPS) is 17.2. The van der Waals surface area contributed by atoms with Crippen molar-refractivity contribution in [3.8, 4) is 22.3 Å². The van der Waals surface area contributed by atoms with Gasteiger partial charge in [0.25, 0.3) is 0 Å². The minimum absolute atomic E-state index is 0.0573. The monoisotopic (exact) mass is 558 g/mol. The van der Waals surface area contributed by atoms with Gasteiger partial charge in [0.05, 0.1) is 3.42 Å². The Balaban J connectivity index is 1.68. The van der Waals surface area contributed by atoms with Crippen LogP contribution < -0.4 is 0 Å². The van der Waals surface area contributed by atoms with Crippen LogP contribution in [0.15, 0.2) is 71.2 Å². The fourth-order valence-corrected chi connectivity index (χ4v) is 6.19. The molecule has 1 aliphatic rings. The number of unbranched alkanes of at least 4 members (excludes halogenated alkanes) is 5. The van der Waals surface area contributed by atoms with Crippen molar-refractivity contribution in [1.82, 2.24) is 0 Å². The van der Waals surface area contributed by atoms with Gasteiger partial charge in [-0.25, -0.2) is 0 Å². The van der Waals surface area contributed by atoms with E-state index in [0.29, 0.717) is 0 Å². The summed E-state index contributed by atoms with van der Waals surface area (Å²) in [6.45, 7) is 2.29. The number of halogens is 2. The van der Waals surface area contributed by atoms with Gasteiger partial charge >= 0.3 is 0 Å². The van der Waals surface area contributed by atoms with E-state index in [1.54, 1.807) is 0 Å². The third-order valence-electron chi connectivity index (χ3n) is 6.13. The Morgan fingerprint density at radius 2 is 1.38 bits per heavy atom. The summed E-state index contributed by atoms with van der Waals surface area (Å²) in [6.07, 6.45) is 9.25. The molecule has 29 heavy (non-hydrogen) atoms. The average Bonchev–Trinajstić information content (AvgIpc) is 2.99. The highest BCUT2D eigenvalue weighted by atomic mass is 127. The van der Waals surface area contributed by atoms with Crippen LogP contribution in [-0.4, -0.2) is 0 Å². The van der Waals surface area contributed by atoms with Gasteiger partial charge in [-0.05, 0) is 58.0 Å². The molecule has 3 aromatic rings. The van der Waals surface area contributed by atoms with Gasteiger partial charge in [-0.15, -0.1) is 0 Å². The molecule has 0 bridgehead atoms. The molecule has 0 saturated heterocycles. The maximum Gasteiger partial charge on any atom is 0.0731 e. The summed E-state index contributed by atoms with van der Waals surface area (Å²) in [6, 6.07) is 24.7. The summed E-state index contributed by atoms with van der Waals surface area (Å²) >= 11 is 6.47. The molecular weight excluding hydrogens is 531 g/mol. The highest BCUT2D eigenvalue weighted by molar-refractivity contribution is 14.1. The molecule has 0 saturated carbocycles. The van der Waals surface area contributed by atoms with E-state index in [0.717, 1.165) is 0 Å². The van der Waals surface area contributed by atoms with E-state index in [9.17, 15) is 0 Å². The summed E-state index contributed by atoms with van der Waals surface area (Å²) in [7, 11) is 0. The molecule has 1 atom stereocenters. The lowest BCUT2D eigenvalue weighted by Crippen LogP contribution is -2.16. The zero-order valence-electron chi connectivity index (χ0n) is 17.1. The quantitative estimate of drug-likeness (QED) is 0.147. The summed E-state index contributed by atoms with van der Waals surface area (Å²) in [5.74, 6) is 0. The third kappa shape index (κ3) is 4.34. The Kier molecular flexibility index (Phi) is 6.80. The maximum absolute atomic E-state index is 3.72. The van der Waals surface area contributed by atoms with Gasteiger partial charge in [0.1, 0.15) is 0 Å². The molecular formula is C27H28BrI. The highest BCUT2D eigenvalue weighted by Gasteiger charge is 2.40. The summed E-state index contributed by atoms with van der Waals surface area (Å²) in [5.41, 5.74) is 8.39. The predicted molar refractivity (Wildman–Crippen MR) is 138 cm³/mol. The van der Waals surface area contributed by atoms with Crippen molar-refractivity contribution >= 4 is 38.5 Å². The van der Waals surface area contributed by atoms with Crippen LogP contribution in [0.4, 0.5) is 0 Å². The maximum atomic E-state index is 3.72. The van der Waals surface area contributed by atoms with Crippen molar-refractivity contribution < 1.29 is 0 Å². The number of hydrogen-bond donors (Lipinski definition) is 0. The molecule has 4 rings (SSSR count). The summed E-state index contributed by atoms with van der Waals surface area (Å²) < 4.78 is 1.23. The van der Waals surface area contributed by atoms with Crippen LogP contribution in [0.3, 0.4) is 0 Å². The van der Waals surface area contributed by atoms with Crippen LogP contribution in [0.1, 0.15) is 63.0 Å². The molecule has 2 heteroatoms. The fraction of sp³-hybridized carbons (Fsp3) is 0.333. The second kappa shape index (κ2) is 9.34. The molecule has 3 aromatic carbocycles. The lowest BCUT2D eigenvalue weighted by Gasteiger charge is -2.26. The molecule has 0 heterocycles. The summed E-state index contributed by atoms with van der Waals surface area (Å²) in [4.78, 5) is 0. The van der Waals surface area contributed by atoms with E-state index < -0.39 is 0 Å². The van der Waals surface area contributed by atoms with Crippen molar-refractivity contribution in [2.24, 2.45) is 0 Å². The zero-order valence-corrected chi connectivity index (χ0v) is 20.8. The first-order valence-corrected chi connectivity index (χ1v) is 12.7. The van der Waals surface area contributed by atoms with Crippen molar-refractivity contribution in [1.29, 1.82) is 0 Å². The molecule has 0 radical (unpaired) electrons. The number of hydrogen-bond acceptors (Lipinski definition) is 0. The Bertz CT molecular complexity index is 979. The molecule has 150 valence electrons. The lowest BCUT2D eigenvalue weighted by atomic mass is 9.89. The number of alkyl halides is 1. The first-order chi connectivity index (χ1) is 14.1. The number of rotatable bonds is 8. The van der Waals surface area contributed by atoms with Crippen LogP contribution in [0.25, 0.3) is 22.3 Å². The Hall–Kier alpha value is -1.13. The van der Waals surface area contributed by atoms with Gasteiger partial charge in [0.2, 0.25) is 0 Å². The number of fused-ring (bicyclic) bond motifs is 3. The SMILES string of the molecule is CCCCCCCCC1(I)c2cc(Br)ccc2-c2ccc(-c3ccccc3)cc21. The van der Waals surface area contributed by atoms with E-state index >= 15 is 0 Å². The third-order valence-corrected chi connectivity index (χ3v) is 8.32. The van der Waals surface area contributed by atoms with Gasteiger partial charge < -0.3 is 0 Å². The molecule has 0 amide bonds. The van der Waals surface area contributed by atoms with Crippen molar-refractivity contribution in [2.45, 2.75) is 55.3 Å².